The van der Waals surface area contributed by atoms with Gasteiger partial charge < -0.3 is 10.0 Å². The van der Waals surface area contributed by atoms with Crippen molar-refractivity contribution in [3.8, 4) is 0 Å². The second-order valence-electron chi connectivity index (χ2n) is 4.01. The van der Waals surface area contributed by atoms with Gasteiger partial charge in [0.2, 0.25) is 0 Å². The van der Waals surface area contributed by atoms with Gasteiger partial charge in [-0.2, -0.15) is 0 Å². The topological polar surface area (TPSA) is 36.4 Å². The van der Waals surface area contributed by atoms with Crippen LogP contribution in [0.1, 0.15) is 18.9 Å². The minimum atomic E-state index is 0.272. The van der Waals surface area contributed by atoms with E-state index in [0.717, 1.165) is 19.5 Å². The summed E-state index contributed by atoms with van der Waals surface area (Å²) < 4.78 is 0. The van der Waals surface area contributed by atoms with Crippen LogP contribution >= 0.6 is 0 Å². The summed E-state index contributed by atoms with van der Waals surface area (Å²) in [6, 6.07) is 4.02. The maximum Gasteiger partial charge on any atom is 0.0471 e. The molecule has 0 aliphatic rings. The number of pyridine rings is 1. The zero-order chi connectivity index (χ0) is 11.1. The van der Waals surface area contributed by atoms with Crippen LogP contribution in [0.5, 0.6) is 0 Å². The van der Waals surface area contributed by atoms with Crippen molar-refractivity contribution in [1.29, 1.82) is 0 Å². The third-order valence-electron chi connectivity index (χ3n) is 2.58. The minimum Gasteiger partial charge on any atom is -0.396 e. The Kier molecular flexibility index (Phi) is 5.29. The minimum absolute atomic E-state index is 0.272. The fourth-order valence-corrected chi connectivity index (χ4v) is 1.62. The molecule has 0 aromatic carbocycles. The maximum atomic E-state index is 9.10. The second-order valence-corrected chi connectivity index (χ2v) is 4.01. The van der Waals surface area contributed by atoms with E-state index in [0.29, 0.717) is 5.92 Å². The van der Waals surface area contributed by atoms with E-state index < -0.39 is 0 Å². The summed E-state index contributed by atoms with van der Waals surface area (Å²) >= 11 is 0. The van der Waals surface area contributed by atoms with Crippen molar-refractivity contribution >= 4 is 0 Å². The van der Waals surface area contributed by atoms with Gasteiger partial charge in [0.25, 0.3) is 0 Å². The lowest BCUT2D eigenvalue weighted by molar-refractivity contribution is 0.173. The fourth-order valence-electron chi connectivity index (χ4n) is 1.62. The van der Waals surface area contributed by atoms with Gasteiger partial charge in [-0.25, -0.2) is 0 Å². The number of nitrogens with zero attached hydrogens (tertiary/aromatic N) is 2. The molecule has 0 spiro atoms. The zero-order valence-electron chi connectivity index (χ0n) is 9.56. The van der Waals surface area contributed by atoms with Crippen LogP contribution in [0.25, 0.3) is 0 Å². The first-order valence-corrected chi connectivity index (χ1v) is 5.44. The van der Waals surface area contributed by atoms with Gasteiger partial charge in [0.15, 0.2) is 0 Å². The van der Waals surface area contributed by atoms with E-state index in [1.165, 1.54) is 5.56 Å². The molecule has 3 nitrogen and oxygen atoms in total. The average Bonchev–Trinajstić information content (AvgIpc) is 2.27. The molecule has 0 amide bonds. The van der Waals surface area contributed by atoms with E-state index in [2.05, 4.69) is 29.9 Å². The van der Waals surface area contributed by atoms with Crippen LogP contribution in [0.3, 0.4) is 0 Å². The van der Waals surface area contributed by atoms with Crippen LogP contribution in [-0.4, -0.2) is 35.2 Å². The fraction of sp³-hybridized carbons (Fsp3) is 0.583. The number of aromatic nitrogens is 1. The molecule has 0 saturated heterocycles. The molecule has 0 radical (unpaired) electrons. The Labute approximate surface area is 91.8 Å². The van der Waals surface area contributed by atoms with Crippen LogP contribution in [0.2, 0.25) is 0 Å². The monoisotopic (exact) mass is 208 g/mol. The van der Waals surface area contributed by atoms with Crippen molar-refractivity contribution in [2.24, 2.45) is 5.92 Å². The van der Waals surface area contributed by atoms with E-state index >= 15 is 0 Å². The quantitative estimate of drug-likeness (QED) is 0.770. The highest BCUT2D eigenvalue weighted by molar-refractivity contribution is 5.07. The van der Waals surface area contributed by atoms with Crippen molar-refractivity contribution in [2.45, 2.75) is 19.9 Å². The van der Waals surface area contributed by atoms with E-state index in [9.17, 15) is 0 Å². The number of rotatable bonds is 6. The van der Waals surface area contributed by atoms with Gasteiger partial charge in [-0.3, -0.25) is 4.98 Å². The van der Waals surface area contributed by atoms with Gasteiger partial charge in [0.1, 0.15) is 0 Å². The van der Waals surface area contributed by atoms with Crippen molar-refractivity contribution < 1.29 is 5.11 Å². The van der Waals surface area contributed by atoms with Crippen LogP contribution in [0.4, 0.5) is 0 Å². The molecule has 0 saturated carbocycles. The summed E-state index contributed by atoms with van der Waals surface area (Å²) in [5, 5.41) is 9.10. The predicted molar refractivity (Wildman–Crippen MR) is 61.4 cm³/mol. The standard InChI is InChI=1S/C12H20N2O/c1-3-11(10-15)8-14(2)9-12-5-4-6-13-7-12/h4-7,11,15H,3,8-10H2,1-2H3. The molecule has 0 aliphatic heterocycles. The molecule has 1 atom stereocenters. The van der Waals surface area contributed by atoms with Crippen LogP contribution in [0.15, 0.2) is 24.5 Å². The molecular weight excluding hydrogens is 188 g/mol. The number of aliphatic hydroxyl groups is 1. The summed E-state index contributed by atoms with van der Waals surface area (Å²) in [6.45, 7) is 4.21. The third kappa shape index (κ3) is 4.40. The van der Waals surface area contributed by atoms with Crippen molar-refractivity contribution in [2.75, 3.05) is 20.2 Å². The first-order chi connectivity index (χ1) is 7.26. The third-order valence-corrected chi connectivity index (χ3v) is 2.58. The van der Waals surface area contributed by atoms with E-state index in [1.807, 2.05) is 12.3 Å². The first kappa shape index (κ1) is 12.1. The molecule has 1 unspecified atom stereocenters. The summed E-state index contributed by atoms with van der Waals surface area (Å²) in [4.78, 5) is 6.30. The van der Waals surface area contributed by atoms with Gasteiger partial charge in [-0.1, -0.05) is 13.0 Å². The smallest absolute Gasteiger partial charge is 0.0471 e. The van der Waals surface area contributed by atoms with E-state index in [-0.39, 0.29) is 6.61 Å². The van der Waals surface area contributed by atoms with Crippen LogP contribution < -0.4 is 0 Å². The average molecular weight is 208 g/mol. The Bertz CT molecular complexity index is 260. The maximum absolute atomic E-state index is 9.10. The lowest BCUT2D eigenvalue weighted by atomic mass is 10.1. The Balaban J connectivity index is 2.39. The van der Waals surface area contributed by atoms with Crippen molar-refractivity contribution in [3.63, 3.8) is 0 Å². The molecular formula is C12H20N2O. The van der Waals surface area contributed by atoms with Gasteiger partial charge in [0, 0.05) is 32.1 Å². The molecule has 1 heterocycles. The molecule has 3 heteroatoms. The molecule has 1 aromatic rings. The van der Waals surface area contributed by atoms with Crippen LogP contribution in [0, 0.1) is 5.92 Å². The predicted octanol–water partition coefficient (Wildman–Crippen LogP) is 1.53. The molecule has 0 aliphatic carbocycles. The Hall–Kier alpha value is -0.930. The normalized spacial score (nSPS) is 13.1. The summed E-state index contributed by atoms with van der Waals surface area (Å²) in [5.41, 5.74) is 1.22. The Morgan fingerprint density at radius 1 is 1.53 bits per heavy atom. The molecule has 15 heavy (non-hydrogen) atoms. The number of hydrogen-bond acceptors (Lipinski definition) is 3. The van der Waals surface area contributed by atoms with Gasteiger partial charge >= 0.3 is 0 Å². The molecule has 0 bridgehead atoms. The number of aliphatic hydroxyl groups excluding tert-OH is 1. The molecule has 0 fully saturated rings. The molecule has 1 aromatic heterocycles. The van der Waals surface area contributed by atoms with Crippen LogP contribution in [-0.2, 0) is 6.54 Å². The zero-order valence-corrected chi connectivity index (χ0v) is 9.56. The van der Waals surface area contributed by atoms with Gasteiger partial charge in [-0.05, 0) is 31.0 Å². The van der Waals surface area contributed by atoms with Gasteiger partial charge in [0.05, 0.1) is 0 Å². The summed E-state index contributed by atoms with van der Waals surface area (Å²) in [5.74, 6) is 0.381. The highest BCUT2D eigenvalue weighted by Gasteiger charge is 2.08. The summed E-state index contributed by atoms with van der Waals surface area (Å²) in [7, 11) is 2.07. The first-order valence-electron chi connectivity index (χ1n) is 5.44. The molecule has 84 valence electrons. The van der Waals surface area contributed by atoms with Crippen molar-refractivity contribution in [1.82, 2.24) is 9.88 Å². The van der Waals surface area contributed by atoms with Crippen molar-refractivity contribution in [3.05, 3.63) is 30.1 Å². The van der Waals surface area contributed by atoms with E-state index in [4.69, 9.17) is 5.11 Å². The lowest BCUT2D eigenvalue weighted by Crippen LogP contribution is -2.27. The molecule has 1 N–H and O–H groups in total. The largest absolute Gasteiger partial charge is 0.396 e. The second kappa shape index (κ2) is 6.53. The Morgan fingerprint density at radius 2 is 2.33 bits per heavy atom. The van der Waals surface area contributed by atoms with Gasteiger partial charge in [-0.15, -0.1) is 0 Å². The highest BCUT2D eigenvalue weighted by atomic mass is 16.3. The van der Waals surface area contributed by atoms with E-state index in [1.54, 1.807) is 6.20 Å². The molecule has 1 rings (SSSR count). The number of hydrogen-bond donors (Lipinski definition) is 1. The SMILES string of the molecule is CCC(CO)CN(C)Cc1cccnc1. The highest BCUT2D eigenvalue weighted by Crippen LogP contribution is 2.06. The lowest BCUT2D eigenvalue weighted by Gasteiger charge is -2.21. The summed E-state index contributed by atoms with van der Waals surface area (Å²) in [6.07, 6.45) is 4.69. The Morgan fingerprint density at radius 3 is 2.87 bits per heavy atom.